The van der Waals surface area contributed by atoms with E-state index in [4.69, 9.17) is 9.98 Å². The topological polar surface area (TPSA) is 41.7 Å². The molecule has 4 heteroatoms. The van der Waals surface area contributed by atoms with Crippen molar-refractivity contribution in [3.05, 3.63) is 269 Å². The van der Waals surface area contributed by atoms with Gasteiger partial charge in [-0.05, 0) is 80.4 Å². The highest BCUT2D eigenvalue weighted by atomic mass is 15.2. The first-order valence-corrected chi connectivity index (χ1v) is 21.3. The van der Waals surface area contributed by atoms with Gasteiger partial charge in [0.05, 0.1) is 16.4 Å². The van der Waals surface area contributed by atoms with Crippen LogP contribution in [0.1, 0.15) is 45.1 Å². The zero-order valence-electron chi connectivity index (χ0n) is 33.9. The summed E-state index contributed by atoms with van der Waals surface area (Å²) in [6, 6.07) is 83.2. The third-order valence-electron chi connectivity index (χ3n) is 12.7. The van der Waals surface area contributed by atoms with Crippen LogP contribution in [-0.4, -0.2) is 16.2 Å². The lowest BCUT2D eigenvalue weighted by atomic mass is 9.67. The molecule has 1 aromatic heterocycles. The van der Waals surface area contributed by atoms with E-state index in [1.165, 1.54) is 55.3 Å². The Morgan fingerprint density at radius 1 is 0.387 bits per heavy atom. The van der Waals surface area contributed by atoms with Gasteiger partial charge in [-0.25, -0.2) is 9.98 Å². The number of hydrogen-bond donors (Lipinski definition) is 1. The molecule has 0 fully saturated rings. The van der Waals surface area contributed by atoms with Crippen LogP contribution in [0.5, 0.6) is 0 Å². The van der Waals surface area contributed by atoms with Gasteiger partial charge >= 0.3 is 0 Å². The first kappa shape index (κ1) is 35.8. The molecule has 0 radical (unpaired) electrons. The Morgan fingerprint density at radius 3 is 1.66 bits per heavy atom. The molecule has 1 atom stereocenters. The van der Waals surface area contributed by atoms with Crippen LogP contribution in [0.3, 0.4) is 0 Å². The van der Waals surface area contributed by atoms with Crippen molar-refractivity contribution in [3.8, 4) is 27.9 Å². The molecule has 1 aliphatic carbocycles. The Kier molecular flexibility index (Phi) is 8.42. The molecule has 1 unspecified atom stereocenters. The average molecular weight is 793 g/mol. The van der Waals surface area contributed by atoms with Crippen LogP contribution < -0.4 is 5.32 Å². The van der Waals surface area contributed by atoms with E-state index in [9.17, 15) is 0 Å². The predicted octanol–water partition coefficient (Wildman–Crippen LogP) is 13.3. The van der Waals surface area contributed by atoms with Crippen molar-refractivity contribution in [3.63, 3.8) is 0 Å². The molecule has 1 N–H and O–H groups in total. The van der Waals surface area contributed by atoms with Gasteiger partial charge in [-0.1, -0.05) is 200 Å². The van der Waals surface area contributed by atoms with E-state index in [1.807, 2.05) is 36.4 Å². The molecule has 62 heavy (non-hydrogen) atoms. The molecule has 2 aliphatic rings. The summed E-state index contributed by atoms with van der Waals surface area (Å²) in [6.45, 7) is 0. The minimum absolute atomic E-state index is 0.380. The van der Waals surface area contributed by atoms with Crippen LogP contribution in [0.4, 0.5) is 0 Å². The second-order valence-electron chi connectivity index (χ2n) is 16.2. The molecule has 0 spiro atoms. The average Bonchev–Trinajstić information content (AvgIpc) is 3.85. The first-order chi connectivity index (χ1) is 30.7. The van der Waals surface area contributed by atoms with Crippen LogP contribution in [0, 0.1) is 0 Å². The van der Waals surface area contributed by atoms with Crippen LogP contribution in [-0.2, 0) is 5.41 Å². The monoisotopic (exact) mass is 792 g/mol. The summed E-state index contributed by atoms with van der Waals surface area (Å²) in [4.78, 5) is 10.3. The largest absolute Gasteiger partial charge is 0.324 e. The van der Waals surface area contributed by atoms with Crippen LogP contribution in [0.25, 0.3) is 49.7 Å². The van der Waals surface area contributed by atoms with E-state index in [1.54, 1.807) is 0 Å². The van der Waals surface area contributed by atoms with E-state index in [-0.39, 0.29) is 6.17 Å². The molecule has 10 aromatic rings. The zero-order chi connectivity index (χ0) is 41.0. The lowest BCUT2D eigenvalue weighted by molar-refractivity contribution is 0.756. The highest BCUT2D eigenvalue weighted by Gasteiger charge is 2.46. The second-order valence-corrected chi connectivity index (χ2v) is 16.2. The molecule has 2 heterocycles. The van der Waals surface area contributed by atoms with Crippen molar-refractivity contribution < 1.29 is 0 Å². The van der Waals surface area contributed by atoms with Gasteiger partial charge in [0.1, 0.15) is 11.7 Å². The molecule has 0 saturated heterocycles. The van der Waals surface area contributed by atoms with Gasteiger partial charge in [0, 0.05) is 27.6 Å². The van der Waals surface area contributed by atoms with Gasteiger partial charge in [-0.2, -0.15) is 0 Å². The maximum atomic E-state index is 5.24. The maximum absolute atomic E-state index is 5.24. The van der Waals surface area contributed by atoms with Gasteiger partial charge in [-0.3, -0.25) is 0 Å². The smallest absolute Gasteiger partial charge is 0.169 e. The summed E-state index contributed by atoms with van der Waals surface area (Å²) in [5, 5.41) is 6.03. The van der Waals surface area contributed by atoms with E-state index in [2.05, 4.69) is 204 Å². The highest BCUT2D eigenvalue weighted by molar-refractivity contribution is 6.16. The molecule has 9 aromatic carbocycles. The van der Waals surface area contributed by atoms with E-state index in [0.717, 1.165) is 45.1 Å². The molecular weight excluding hydrogens is 753 g/mol. The minimum Gasteiger partial charge on any atom is -0.324 e. The third-order valence-corrected chi connectivity index (χ3v) is 12.7. The Bertz CT molecular complexity index is 3320. The Morgan fingerprint density at radius 2 is 0.968 bits per heavy atom. The molecule has 12 rings (SSSR count). The quantitative estimate of drug-likeness (QED) is 0.172. The van der Waals surface area contributed by atoms with Crippen molar-refractivity contribution in [2.24, 2.45) is 9.98 Å². The lowest BCUT2D eigenvalue weighted by Gasteiger charge is -2.34. The number of aromatic nitrogens is 1. The van der Waals surface area contributed by atoms with Crippen LogP contribution >= 0.6 is 0 Å². The molecule has 292 valence electrons. The minimum atomic E-state index is -0.501. The lowest BCUT2D eigenvalue weighted by Crippen LogP contribution is -2.36. The molecule has 0 bridgehead atoms. The molecule has 0 amide bonds. The summed E-state index contributed by atoms with van der Waals surface area (Å²) in [6.07, 6.45) is -0.380. The molecular formula is C58H40N4. The zero-order valence-corrected chi connectivity index (χ0v) is 33.9. The van der Waals surface area contributed by atoms with Gasteiger partial charge in [0.25, 0.3) is 0 Å². The summed E-state index contributed by atoms with van der Waals surface area (Å²) >= 11 is 0. The van der Waals surface area contributed by atoms with Crippen molar-refractivity contribution in [1.29, 1.82) is 0 Å². The van der Waals surface area contributed by atoms with E-state index < -0.39 is 5.41 Å². The van der Waals surface area contributed by atoms with E-state index in [0.29, 0.717) is 0 Å². The highest BCUT2D eigenvalue weighted by Crippen LogP contribution is 2.56. The summed E-state index contributed by atoms with van der Waals surface area (Å²) in [7, 11) is 0. The summed E-state index contributed by atoms with van der Waals surface area (Å²) in [5.41, 5.74) is 15.9. The fraction of sp³-hybridized carbons (Fsp3) is 0.0345. The number of fused-ring (bicyclic) bond motifs is 6. The van der Waals surface area contributed by atoms with Gasteiger partial charge in [-0.15, -0.1) is 0 Å². The van der Waals surface area contributed by atoms with Gasteiger partial charge in [0.15, 0.2) is 6.17 Å². The van der Waals surface area contributed by atoms with E-state index >= 15 is 0 Å². The van der Waals surface area contributed by atoms with Crippen LogP contribution in [0.2, 0.25) is 0 Å². The van der Waals surface area contributed by atoms with Crippen molar-refractivity contribution >= 4 is 33.5 Å². The predicted molar refractivity (Wildman–Crippen MR) is 255 cm³/mol. The third kappa shape index (κ3) is 5.68. The number of benzene rings is 9. The molecule has 1 aliphatic heterocycles. The number of aliphatic imine (C=N–C) groups is 2. The SMILES string of the molecule is c1ccc(C2=NC(c3ccccc3)N=C(c3cccc(-n4c5ccc(C6(c7ccccc7)c7ccccc7-c7ccccc76)cc5c5ccc(-c6ccccc6)cc54)c3)N2)cc1. The standard InChI is InChI=1S/C58H40N4/c1-5-18-39(19-6-1)42-32-34-49-50-38-45(58(44-25-11-4-12-26-44)51-30-15-13-28-47(51)48-29-14-16-31-52(48)58)33-35-53(50)62(54(49)37-42)46-27-17-24-43(36-46)57-60-55(40-20-7-2-8-21-40)59-56(61-57)41-22-9-3-10-23-41/h1-38,55H,(H,59,60,61). The van der Waals surface area contributed by atoms with Crippen LogP contribution in [0.15, 0.2) is 241 Å². The van der Waals surface area contributed by atoms with Gasteiger partial charge < -0.3 is 9.88 Å². The van der Waals surface area contributed by atoms with Gasteiger partial charge in [0.2, 0.25) is 0 Å². The van der Waals surface area contributed by atoms with Crippen molar-refractivity contribution in [2.45, 2.75) is 11.6 Å². The Balaban J connectivity index is 1.08. The number of amidine groups is 2. The fourth-order valence-corrected chi connectivity index (χ4v) is 9.96. The number of nitrogens with zero attached hydrogens (tertiary/aromatic N) is 3. The molecule has 4 nitrogen and oxygen atoms in total. The normalized spacial score (nSPS) is 15.1. The summed E-state index contributed by atoms with van der Waals surface area (Å²) in [5.74, 6) is 1.58. The molecule has 0 saturated carbocycles. The first-order valence-electron chi connectivity index (χ1n) is 21.3. The number of nitrogens with one attached hydrogen (secondary N) is 1. The fourth-order valence-electron chi connectivity index (χ4n) is 9.96. The Hall–Kier alpha value is -8.08. The number of hydrogen-bond acceptors (Lipinski definition) is 3. The Labute approximate surface area is 360 Å². The summed E-state index contributed by atoms with van der Waals surface area (Å²) < 4.78 is 2.43. The second kappa shape index (κ2) is 14.6. The van der Waals surface area contributed by atoms with Crippen molar-refractivity contribution in [2.75, 3.05) is 0 Å². The number of rotatable bonds is 7. The maximum Gasteiger partial charge on any atom is 0.169 e. The van der Waals surface area contributed by atoms with Crippen molar-refractivity contribution in [1.82, 2.24) is 9.88 Å².